The van der Waals surface area contributed by atoms with Gasteiger partial charge in [-0.1, -0.05) is 0 Å². The van der Waals surface area contributed by atoms with Gasteiger partial charge >= 0.3 is 5.69 Å². The average Bonchev–Trinajstić information content (AvgIpc) is 2.33. The second-order valence-corrected chi connectivity index (χ2v) is 5.50. The normalized spacial score (nSPS) is 14.6. The lowest BCUT2D eigenvalue weighted by Crippen LogP contribution is -2.41. The van der Waals surface area contributed by atoms with Crippen LogP contribution in [-0.2, 0) is 13.1 Å². The topological polar surface area (TPSA) is 44.0 Å². The molecule has 0 aliphatic carbocycles. The Bertz CT molecular complexity index is 509. The van der Waals surface area contributed by atoms with E-state index in [1.165, 1.54) is 4.57 Å². The predicted molar refractivity (Wildman–Crippen MR) is 70.3 cm³/mol. The zero-order valence-electron chi connectivity index (χ0n) is 9.52. The van der Waals surface area contributed by atoms with Crippen LogP contribution in [0, 0.1) is 0 Å². The summed E-state index contributed by atoms with van der Waals surface area (Å²) in [5, 5.41) is 0.805. The van der Waals surface area contributed by atoms with Crippen molar-refractivity contribution in [3.8, 4) is 0 Å². The molecule has 0 spiro atoms. The number of aromatic nitrogens is 2. The Kier molecular flexibility index (Phi) is 4.34. The number of halogens is 1. The minimum Gasteiger partial charge on any atom is -0.288 e. The molecule has 2 heterocycles. The first-order valence-electron chi connectivity index (χ1n) is 5.77. The monoisotopic (exact) mass is 274 g/mol. The van der Waals surface area contributed by atoms with Gasteiger partial charge in [0.25, 0.3) is 5.56 Å². The maximum Gasteiger partial charge on any atom is 0.331 e. The number of hydrogen-bond donors (Lipinski definition) is 0. The Hall–Kier alpha value is -0.680. The van der Waals surface area contributed by atoms with Crippen molar-refractivity contribution < 1.29 is 0 Å². The molecule has 0 aromatic carbocycles. The van der Waals surface area contributed by atoms with E-state index in [0.29, 0.717) is 12.4 Å². The van der Waals surface area contributed by atoms with E-state index in [0.717, 1.165) is 36.6 Å². The van der Waals surface area contributed by atoms with Crippen molar-refractivity contribution >= 4 is 23.4 Å². The van der Waals surface area contributed by atoms with Gasteiger partial charge in [0, 0.05) is 30.8 Å². The lowest BCUT2D eigenvalue weighted by atomic mass is 10.3. The highest BCUT2D eigenvalue weighted by molar-refractivity contribution is 7.99. The first kappa shape index (κ1) is 12.8. The fourth-order valence-electron chi connectivity index (χ4n) is 1.89. The van der Waals surface area contributed by atoms with Crippen molar-refractivity contribution in [2.45, 2.75) is 37.4 Å². The van der Waals surface area contributed by atoms with Crippen molar-refractivity contribution in [1.29, 1.82) is 0 Å². The third-order valence-electron chi connectivity index (χ3n) is 2.78. The highest BCUT2D eigenvalue weighted by atomic mass is 35.5. The number of rotatable bonds is 4. The van der Waals surface area contributed by atoms with Crippen LogP contribution in [0.3, 0.4) is 0 Å². The van der Waals surface area contributed by atoms with Gasteiger partial charge in [-0.3, -0.25) is 13.9 Å². The van der Waals surface area contributed by atoms with Crippen LogP contribution < -0.4 is 11.2 Å². The quantitative estimate of drug-likeness (QED) is 0.475. The van der Waals surface area contributed by atoms with Crippen molar-refractivity contribution in [2.24, 2.45) is 0 Å². The summed E-state index contributed by atoms with van der Waals surface area (Å²) in [7, 11) is 0. The van der Waals surface area contributed by atoms with E-state index in [1.54, 1.807) is 22.4 Å². The molecule has 0 atom stereocenters. The molecule has 0 radical (unpaired) electrons. The fraction of sp³-hybridized carbons (Fsp3) is 0.636. The molecule has 1 aromatic heterocycles. The Morgan fingerprint density at radius 1 is 1.35 bits per heavy atom. The number of hydrogen-bond acceptors (Lipinski definition) is 3. The predicted octanol–water partition coefficient (Wildman–Crippen LogP) is 1.52. The molecule has 1 aliphatic heterocycles. The highest BCUT2D eigenvalue weighted by Crippen LogP contribution is 2.20. The molecule has 94 valence electrons. The van der Waals surface area contributed by atoms with Gasteiger partial charge in [-0.25, -0.2) is 4.79 Å². The molecule has 0 saturated carbocycles. The van der Waals surface area contributed by atoms with Crippen LogP contribution in [0.4, 0.5) is 0 Å². The number of alkyl halides is 1. The Labute approximate surface area is 109 Å². The van der Waals surface area contributed by atoms with Crippen LogP contribution in [0.1, 0.15) is 19.3 Å². The highest BCUT2D eigenvalue weighted by Gasteiger charge is 2.14. The molecule has 17 heavy (non-hydrogen) atoms. The fourth-order valence-corrected chi connectivity index (χ4v) is 3.07. The number of thioether (sulfide) groups is 1. The molecule has 2 rings (SSSR count). The van der Waals surface area contributed by atoms with Gasteiger partial charge in [0.15, 0.2) is 0 Å². The third-order valence-corrected chi connectivity index (χ3v) is 4.18. The first-order valence-corrected chi connectivity index (χ1v) is 7.29. The minimum absolute atomic E-state index is 0.172. The largest absolute Gasteiger partial charge is 0.331 e. The molecule has 0 fully saturated rings. The summed E-state index contributed by atoms with van der Waals surface area (Å²) in [6.45, 7) is 1.19. The van der Waals surface area contributed by atoms with E-state index < -0.39 is 0 Å². The maximum absolute atomic E-state index is 12.1. The molecule has 1 aliphatic rings. The molecular weight excluding hydrogens is 260 g/mol. The maximum atomic E-state index is 12.1. The summed E-state index contributed by atoms with van der Waals surface area (Å²) < 4.78 is 3.03. The second kappa shape index (κ2) is 5.78. The third kappa shape index (κ3) is 2.77. The summed E-state index contributed by atoms with van der Waals surface area (Å²) in [5.41, 5.74) is -0.362. The lowest BCUT2D eigenvalue weighted by molar-refractivity contribution is 0.493. The van der Waals surface area contributed by atoms with E-state index in [9.17, 15) is 9.59 Å². The summed E-state index contributed by atoms with van der Waals surface area (Å²) in [4.78, 5) is 23.9. The lowest BCUT2D eigenvalue weighted by Gasteiger charge is -2.18. The van der Waals surface area contributed by atoms with E-state index in [1.807, 2.05) is 0 Å². The molecule has 6 heteroatoms. The standard InChI is InChI=1S/C11H15ClN2O2S/c12-4-1-2-5-13-9(15)8-10-14(11(13)16)6-3-7-17-10/h8H,1-7H2. The SMILES string of the molecule is O=c1cc2n(c(=O)n1CCCCCl)CCCS2. The van der Waals surface area contributed by atoms with Crippen LogP contribution in [-0.4, -0.2) is 20.8 Å². The summed E-state index contributed by atoms with van der Waals surface area (Å²) in [6, 6.07) is 1.58. The van der Waals surface area contributed by atoms with Gasteiger partial charge in [0.2, 0.25) is 0 Å². The van der Waals surface area contributed by atoms with Gasteiger partial charge in [0.1, 0.15) is 0 Å². The second-order valence-electron chi connectivity index (χ2n) is 4.00. The van der Waals surface area contributed by atoms with Crippen molar-refractivity contribution in [2.75, 3.05) is 11.6 Å². The molecule has 0 bridgehead atoms. The van der Waals surface area contributed by atoms with Crippen LogP contribution in [0.5, 0.6) is 0 Å². The van der Waals surface area contributed by atoms with Gasteiger partial charge < -0.3 is 0 Å². The number of fused-ring (bicyclic) bond motifs is 1. The molecule has 0 amide bonds. The zero-order chi connectivity index (χ0) is 12.3. The smallest absolute Gasteiger partial charge is 0.288 e. The van der Waals surface area contributed by atoms with E-state index >= 15 is 0 Å². The van der Waals surface area contributed by atoms with E-state index in [4.69, 9.17) is 11.6 Å². The van der Waals surface area contributed by atoms with Crippen molar-refractivity contribution in [3.63, 3.8) is 0 Å². The van der Waals surface area contributed by atoms with Crippen molar-refractivity contribution in [3.05, 3.63) is 26.9 Å². The van der Waals surface area contributed by atoms with E-state index in [2.05, 4.69) is 0 Å². The molecule has 1 aromatic rings. The van der Waals surface area contributed by atoms with Crippen LogP contribution >= 0.6 is 23.4 Å². The number of nitrogens with zero attached hydrogens (tertiary/aromatic N) is 2. The summed E-state index contributed by atoms with van der Waals surface area (Å²) in [5.74, 6) is 1.55. The van der Waals surface area contributed by atoms with Gasteiger partial charge in [0.05, 0.1) is 5.03 Å². The Morgan fingerprint density at radius 2 is 2.18 bits per heavy atom. The Balaban J connectivity index is 2.33. The molecule has 4 nitrogen and oxygen atoms in total. The van der Waals surface area contributed by atoms with Crippen LogP contribution in [0.25, 0.3) is 0 Å². The van der Waals surface area contributed by atoms with Gasteiger partial charge in [-0.2, -0.15) is 0 Å². The molecular formula is C11H15ClN2O2S. The first-order chi connectivity index (χ1) is 8.24. The Morgan fingerprint density at radius 3 is 2.94 bits per heavy atom. The van der Waals surface area contributed by atoms with Crippen LogP contribution in [0.15, 0.2) is 20.7 Å². The molecule has 0 unspecified atom stereocenters. The van der Waals surface area contributed by atoms with Crippen molar-refractivity contribution in [1.82, 2.24) is 9.13 Å². The van der Waals surface area contributed by atoms with Gasteiger partial charge in [-0.05, 0) is 19.3 Å². The van der Waals surface area contributed by atoms with Gasteiger partial charge in [-0.15, -0.1) is 23.4 Å². The summed E-state index contributed by atoms with van der Waals surface area (Å²) >= 11 is 7.17. The number of unbranched alkanes of at least 4 members (excludes halogenated alkanes) is 1. The minimum atomic E-state index is -0.190. The van der Waals surface area contributed by atoms with Crippen LogP contribution in [0.2, 0.25) is 0 Å². The van der Waals surface area contributed by atoms with E-state index in [-0.39, 0.29) is 11.2 Å². The molecule has 0 N–H and O–H groups in total. The zero-order valence-corrected chi connectivity index (χ0v) is 11.1. The molecule has 0 saturated heterocycles. The summed E-state index contributed by atoms with van der Waals surface area (Å²) in [6.07, 6.45) is 2.58. The average molecular weight is 275 g/mol.